The van der Waals surface area contributed by atoms with Gasteiger partial charge in [0.15, 0.2) is 11.5 Å². The monoisotopic (exact) mass is 505 g/mol. The molecule has 3 heterocycles. The van der Waals surface area contributed by atoms with Crippen molar-refractivity contribution in [2.24, 2.45) is 0 Å². The summed E-state index contributed by atoms with van der Waals surface area (Å²) in [6, 6.07) is 12.2. The van der Waals surface area contributed by atoms with E-state index in [1.807, 2.05) is 45.0 Å². The van der Waals surface area contributed by atoms with Crippen LogP contribution in [-0.2, 0) is 11.3 Å². The zero-order valence-electron chi connectivity index (χ0n) is 20.9. The lowest BCUT2D eigenvalue weighted by molar-refractivity contribution is 0.0331. The van der Waals surface area contributed by atoms with Crippen molar-refractivity contribution in [3.63, 3.8) is 0 Å². The summed E-state index contributed by atoms with van der Waals surface area (Å²) in [4.78, 5) is 16.8. The van der Waals surface area contributed by atoms with Crippen molar-refractivity contribution in [2.45, 2.75) is 27.3 Å². The third kappa shape index (κ3) is 5.59. The van der Waals surface area contributed by atoms with Crippen LogP contribution >= 0.6 is 11.3 Å². The first kappa shape index (κ1) is 24.4. The third-order valence-corrected chi connectivity index (χ3v) is 6.69. The fourth-order valence-electron chi connectivity index (χ4n) is 4.24. The number of fused-ring (bicyclic) bond motifs is 1. The van der Waals surface area contributed by atoms with Crippen LogP contribution in [0.1, 0.15) is 24.7 Å². The van der Waals surface area contributed by atoms with Crippen molar-refractivity contribution in [1.82, 2.24) is 19.9 Å². The van der Waals surface area contributed by atoms with Gasteiger partial charge in [0.05, 0.1) is 49.2 Å². The Balaban J connectivity index is 1.55. The molecule has 2 aromatic carbocycles. The lowest BCUT2D eigenvalue weighted by Gasteiger charge is -2.26. The number of aryl methyl sites for hydroxylation is 1. The molecule has 1 aliphatic rings. The average Bonchev–Trinajstić information content (AvgIpc) is 3.32. The molecule has 8 nitrogen and oxygen atoms in total. The van der Waals surface area contributed by atoms with Crippen molar-refractivity contribution >= 4 is 33.7 Å². The third-order valence-electron chi connectivity index (χ3n) is 5.92. The van der Waals surface area contributed by atoms with Gasteiger partial charge < -0.3 is 19.5 Å². The molecular formula is C27H31N5O3S. The number of nitrogens with zero attached hydrogens (tertiary/aromatic N) is 4. The van der Waals surface area contributed by atoms with E-state index in [2.05, 4.69) is 32.7 Å². The molecule has 4 aromatic rings. The van der Waals surface area contributed by atoms with E-state index in [9.17, 15) is 0 Å². The molecule has 0 bridgehead atoms. The number of hydrogen-bond donors (Lipinski definition) is 1. The molecule has 9 heteroatoms. The van der Waals surface area contributed by atoms with E-state index >= 15 is 0 Å². The smallest absolute Gasteiger partial charge is 0.163 e. The second-order valence-corrected chi connectivity index (χ2v) is 9.58. The number of hydrogen-bond acceptors (Lipinski definition) is 9. The van der Waals surface area contributed by atoms with Gasteiger partial charge in [-0.05, 0) is 39.0 Å². The zero-order valence-corrected chi connectivity index (χ0v) is 21.7. The first-order valence-corrected chi connectivity index (χ1v) is 13.2. The Morgan fingerprint density at radius 2 is 1.78 bits per heavy atom. The van der Waals surface area contributed by atoms with Gasteiger partial charge in [-0.15, -0.1) is 11.3 Å². The Labute approximate surface area is 215 Å². The van der Waals surface area contributed by atoms with Gasteiger partial charge in [0.2, 0.25) is 0 Å². The number of benzene rings is 2. The topological polar surface area (TPSA) is 81.6 Å². The van der Waals surface area contributed by atoms with Crippen molar-refractivity contribution in [3.05, 3.63) is 52.6 Å². The quantitative estimate of drug-likeness (QED) is 0.322. The van der Waals surface area contributed by atoms with E-state index in [4.69, 9.17) is 24.2 Å². The van der Waals surface area contributed by atoms with Gasteiger partial charge in [0, 0.05) is 41.2 Å². The fourth-order valence-corrected chi connectivity index (χ4v) is 4.86. The van der Waals surface area contributed by atoms with Gasteiger partial charge in [-0.25, -0.2) is 15.0 Å². The Hall–Kier alpha value is -3.27. The van der Waals surface area contributed by atoms with Crippen LogP contribution in [0.5, 0.6) is 11.5 Å². The molecule has 188 valence electrons. The molecule has 2 aromatic heterocycles. The van der Waals surface area contributed by atoms with Gasteiger partial charge in [-0.1, -0.05) is 12.1 Å². The summed E-state index contributed by atoms with van der Waals surface area (Å²) in [5.74, 6) is 2.87. The van der Waals surface area contributed by atoms with Crippen molar-refractivity contribution in [2.75, 3.05) is 44.8 Å². The summed E-state index contributed by atoms with van der Waals surface area (Å²) in [5, 5.41) is 7.55. The predicted molar refractivity (Wildman–Crippen MR) is 144 cm³/mol. The first-order chi connectivity index (χ1) is 17.6. The van der Waals surface area contributed by atoms with E-state index in [1.165, 1.54) is 0 Å². The number of aromatic nitrogens is 3. The molecule has 0 saturated carbocycles. The van der Waals surface area contributed by atoms with Crippen LogP contribution in [0.4, 0.5) is 11.5 Å². The number of nitrogens with one attached hydrogen (secondary N) is 1. The Morgan fingerprint density at radius 3 is 2.50 bits per heavy atom. The van der Waals surface area contributed by atoms with E-state index in [1.54, 1.807) is 11.3 Å². The van der Waals surface area contributed by atoms with Gasteiger partial charge in [-0.3, -0.25) is 4.90 Å². The summed E-state index contributed by atoms with van der Waals surface area (Å²) in [7, 11) is 0. The Kier molecular flexibility index (Phi) is 7.60. The molecule has 0 atom stereocenters. The van der Waals surface area contributed by atoms with Gasteiger partial charge in [-0.2, -0.15) is 0 Å². The molecule has 0 radical (unpaired) electrons. The number of anilines is 2. The maximum atomic E-state index is 5.90. The average molecular weight is 506 g/mol. The molecule has 5 rings (SSSR count). The number of ether oxygens (including phenoxy) is 3. The molecule has 0 unspecified atom stereocenters. The SMILES string of the molecule is CCOc1cc2nc(CN3CCOCC3)nc(Nc3cccc(-c4csc(C)n4)c3)c2cc1OCC. The molecular weight excluding hydrogens is 474 g/mol. The van der Waals surface area contributed by atoms with E-state index in [0.29, 0.717) is 31.3 Å². The molecule has 0 spiro atoms. The highest BCUT2D eigenvalue weighted by molar-refractivity contribution is 7.09. The number of rotatable bonds is 9. The van der Waals surface area contributed by atoms with Crippen molar-refractivity contribution < 1.29 is 14.2 Å². The zero-order chi connectivity index (χ0) is 24.9. The highest BCUT2D eigenvalue weighted by Crippen LogP contribution is 2.36. The van der Waals surface area contributed by atoms with E-state index in [-0.39, 0.29) is 0 Å². The normalized spacial score (nSPS) is 14.2. The van der Waals surface area contributed by atoms with Crippen molar-refractivity contribution in [3.8, 4) is 22.8 Å². The molecule has 1 fully saturated rings. The van der Waals surface area contributed by atoms with Gasteiger partial charge in [0.1, 0.15) is 11.6 Å². The van der Waals surface area contributed by atoms with Crippen LogP contribution in [0.2, 0.25) is 0 Å². The summed E-state index contributed by atoms with van der Waals surface area (Å²) in [6.07, 6.45) is 0. The predicted octanol–water partition coefficient (Wildman–Crippen LogP) is 5.43. The minimum Gasteiger partial charge on any atom is -0.490 e. The Morgan fingerprint density at radius 1 is 1.00 bits per heavy atom. The molecule has 1 saturated heterocycles. The van der Waals surface area contributed by atoms with Crippen LogP contribution in [0.3, 0.4) is 0 Å². The number of morpholine rings is 1. The van der Waals surface area contributed by atoms with Gasteiger partial charge >= 0.3 is 0 Å². The lowest BCUT2D eigenvalue weighted by Crippen LogP contribution is -2.36. The molecule has 0 amide bonds. The molecule has 0 aliphatic carbocycles. The Bertz CT molecular complexity index is 1340. The van der Waals surface area contributed by atoms with Crippen LogP contribution in [0, 0.1) is 6.92 Å². The van der Waals surface area contributed by atoms with Crippen molar-refractivity contribution in [1.29, 1.82) is 0 Å². The highest BCUT2D eigenvalue weighted by Gasteiger charge is 2.17. The fraction of sp³-hybridized carbons (Fsp3) is 0.370. The summed E-state index contributed by atoms with van der Waals surface area (Å²) in [5.41, 5.74) is 3.78. The van der Waals surface area contributed by atoms with E-state index < -0.39 is 0 Å². The highest BCUT2D eigenvalue weighted by atomic mass is 32.1. The standard InChI is InChI=1S/C27H31N5O3S/c1-4-34-24-14-21-22(15-25(24)35-5-2)30-26(16-32-9-11-33-12-10-32)31-27(21)29-20-8-6-7-19(13-20)23-17-36-18(3)28-23/h6-8,13-15,17H,4-5,9-12,16H2,1-3H3,(H,29,30,31). The summed E-state index contributed by atoms with van der Waals surface area (Å²) >= 11 is 1.65. The maximum Gasteiger partial charge on any atom is 0.163 e. The van der Waals surface area contributed by atoms with Crippen LogP contribution in [0.15, 0.2) is 41.8 Å². The first-order valence-electron chi connectivity index (χ1n) is 12.3. The minimum atomic E-state index is 0.541. The number of thiazole rings is 1. The van der Waals surface area contributed by atoms with E-state index in [0.717, 1.165) is 70.8 Å². The molecule has 1 N–H and O–H groups in total. The molecule has 1 aliphatic heterocycles. The lowest BCUT2D eigenvalue weighted by atomic mass is 10.1. The second-order valence-electron chi connectivity index (χ2n) is 8.52. The maximum absolute atomic E-state index is 5.90. The molecule has 36 heavy (non-hydrogen) atoms. The minimum absolute atomic E-state index is 0.541. The summed E-state index contributed by atoms with van der Waals surface area (Å²) in [6.45, 7) is 10.9. The van der Waals surface area contributed by atoms with Gasteiger partial charge in [0.25, 0.3) is 0 Å². The van der Waals surface area contributed by atoms with Crippen LogP contribution in [0.25, 0.3) is 22.2 Å². The summed E-state index contributed by atoms with van der Waals surface area (Å²) < 4.78 is 17.3. The van der Waals surface area contributed by atoms with Crippen LogP contribution < -0.4 is 14.8 Å². The van der Waals surface area contributed by atoms with Crippen LogP contribution in [-0.4, -0.2) is 59.4 Å². The largest absolute Gasteiger partial charge is 0.490 e. The second kappa shape index (κ2) is 11.2.